The molecular formula is C21H44O5SSi2. The SMILES string of the molecule is CO[C@H]1O[C@H]([C@H](C)SC(C)=O)[C@@H](O[Si](C)(C)C(C)(C)C)[C@@H]1O[Si](C)(C)C(C)(C)C. The van der Waals surface area contributed by atoms with Gasteiger partial charge in [-0.3, -0.25) is 4.79 Å². The molecule has 5 atom stereocenters. The number of hydrogen-bond acceptors (Lipinski definition) is 6. The van der Waals surface area contributed by atoms with E-state index in [1.165, 1.54) is 11.8 Å². The molecule has 5 nitrogen and oxygen atoms in total. The Kier molecular flexibility index (Phi) is 8.88. The Morgan fingerprint density at radius 2 is 1.34 bits per heavy atom. The molecule has 0 N–H and O–H groups in total. The smallest absolute Gasteiger partial charge is 0.192 e. The van der Waals surface area contributed by atoms with Crippen molar-refractivity contribution in [1.82, 2.24) is 0 Å². The fourth-order valence-corrected chi connectivity index (χ4v) is 6.30. The van der Waals surface area contributed by atoms with Crippen molar-refractivity contribution in [2.45, 2.75) is 122 Å². The topological polar surface area (TPSA) is 54.0 Å². The predicted molar refractivity (Wildman–Crippen MR) is 128 cm³/mol. The molecule has 1 heterocycles. The lowest BCUT2D eigenvalue weighted by Crippen LogP contribution is -2.55. The molecule has 0 radical (unpaired) electrons. The largest absolute Gasteiger partial charge is 0.408 e. The minimum atomic E-state index is -2.10. The van der Waals surface area contributed by atoms with Crippen molar-refractivity contribution in [2.75, 3.05) is 7.11 Å². The Bertz CT molecular complexity index is 568. The number of hydrogen-bond donors (Lipinski definition) is 0. The summed E-state index contributed by atoms with van der Waals surface area (Å²) in [5, 5.41) is 0.147. The molecule has 0 amide bonds. The minimum Gasteiger partial charge on any atom is -0.408 e. The molecule has 0 aromatic heterocycles. The molecule has 0 aliphatic carbocycles. The highest BCUT2D eigenvalue weighted by Crippen LogP contribution is 2.45. The Hall–Kier alpha value is 0.294. The van der Waals surface area contributed by atoms with E-state index in [0.717, 1.165) is 0 Å². The van der Waals surface area contributed by atoms with Gasteiger partial charge in [0.05, 0.1) is 0 Å². The van der Waals surface area contributed by atoms with Gasteiger partial charge in [-0.1, -0.05) is 60.2 Å². The van der Waals surface area contributed by atoms with Crippen LogP contribution in [0.25, 0.3) is 0 Å². The van der Waals surface area contributed by atoms with Crippen LogP contribution in [0.4, 0.5) is 0 Å². The van der Waals surface area contributed by atoms with Crippen LogP contribution < -0.4 is 0 Å². The molecule has 8 heteroatoms. The van der Waals surface area contributed by atoms with Crippen LogP contribution in [0.5, 0.6) is 0 Å². The quantitative estimate of drug-likeness (QED) is 0.443. The Labute approximate surface area is 185 Å². The molecule has 0 spiro atoms. The molecule has 0 bridgehead atoms. The number of carbonyl (C=O) groups is 1. The first-order chi connectivity index (χ1) is 12.8. The summed E-state index contributed by atoms with van der Waals surface area (Å²) in [6, 6.07) is 0. The zero-order chi connectivity index (χ0) is 23.0. The molecule has 0 saturated carbocycles. The maximum atomic E-state index is 11.8. The predicted octanol–water partition coefficient (Wildman–Crippen LogP) is 5.81. The van der Waals surface area contributed by atoms with Crippen LogP contribution in [0.1, 0.15) is 55.4 Å². The van der Waals surface area contributed by atoms with Gasteiger partial charge in [0, 0.05) is 19.3 Å². The van der Waals surface area contributed by atoms with E-state index in [4.69, 9.17) is 18.3 Å². The maximum absolute atomic E-state index is 11.8. The van der Waals surface area contributed by atoms with Crippen LogP contribution in [0.15, 0.2) is 0 Å². The molecule has 1 fully saturated rings. The molecule has 29 heavy (non-hydrogen) atoms. The maximum Gasteiger partial charge on any atom is 0.192 e. The van der Waals surface area contributed by atoms with Gasteiger partial charge in [-0.05, 0) is 36.3 Å². The molecule has 1 aliphatic rings. The monoisotopic (exact) mass is 464 g/mol. The van der Waals surface area contributed by atoms with E-state index in [-0.39, 0.29) is 38.8 Å². The van der Waals surface area contributed by atoms with Gasteiger partial charge in [-0.25, -0.2) is 0 Å². The van der Waals surface area contributed by atoms with E-state index < -0.39 is 22.9 Å². The van der Waals surface area contributed by atoms with Gasteiger partial charge in [-0.15, -0.1) is 0 Å². The van der Waals surface area contributed by atoms with Crippen LogP contribution in [0, 0.1) is 0 Å². The summed E-state index contributed by atoms with van der Waals surface area (Å²) in [4.78, 5) is 11.8. The summed E-state index contributed by atoms with van der Waals surface area (Å²) < 4.78 is 25.7. The molecule has 1 aliphatic heterocycles. The van der Waals surface area contributed by atoms with Crippen LogP contribution in [0.3, 0.4) is 0 Å². The third-order valence-corrected chi connectivity index (χ3v) is 16.6. The molecule has 1 saturated heterocycles. The Morgan fingerprint density at radius 1 is 0.931 bits per heavy atom. The van der Waals surface area contributed by atoms with E-state index >= 15 is 0 Å². The zero-order valence-corrected chi connectivity index (χ0v) is 23.7. The summed E-state index contributed by atoms with van der Waals surface area (Å²) in [7, 11) is -2.53. The van der Waals surface area contributed by atoms with Crippen molar-refractivity contribution in [3.05, 3.63) is 0 Å². The Morgan fingerprint density at radius 3 is 1.69 bits per heavy atom. The first-order valence-electron chi connectivity index (χ1n) is 10.5. The fraction of sp³-hybridized carbons (Fsp3) is 0.952. The summed E-state index contributed by atoms with van der Waals surface area (Å²) >= 11 is 1.30. The van der Waals surface area contributed by atoms with E-state index in [2.05, 4.69) is 67.7 Å². The van der Waals surface area contributed by atoms with Gasteiger partial charge < -0.3 is 18.3 Å². The summed E-state index contributed by atoms with van der Waals surface area (Å²) in [6.45, 7) is 26.0. The van der Waals surface area contributed by atoms with E-state index in [9.17, 15) is 4.79 Å². The number of carbonyl (C=O) groups excluding carboxylic acids is 1. The Balaban J connectivity index is 3.34. The fourth-order valence-electron chi connectivity index (χ4n) is 2.84. The molecular weight excluding hydrogens is 420 g/mol. The first-order valence-corrected chi connectivity index (χ1v) is 17.2. The van der Waals surface area contributed by atoms with Crippen molar-refractivity contribution >= 4 is 33.5 Å². The van der Waals surface area contributed by atoms with Crippen LogP contribution in [0.2, 0.25) is 36.3 Å². The summed E-state index contributed by atoms with van der Waals surface area (Å²) in [5.74, 6) is 0. The minimum absolute atomic E-state index is 0.0482. The first kappa shape index (κ1) is 27.3. The van der Waals surface area contributed by atoms with Gasteiger partial charge in [-0.2, -0.15) is 0 Å². The van der Waals surface area contributed by atoms with Crippen molar-refractivity contribution < 1.29 is 23.1 Å². The number of thioether (sulfide) groups is 1. The molecule has 1 rings (SSSR count). The molecule has 172 valence electrons. The highest BCUT2D eigenvalue weighted by atomic mass is 32.2. The average Bonchev–Trinajstić information content (AvgIpc) is 2.81. The number of methoxy groups -OCH3 is 1. The third-order valence-electron chi connectivity index (χ3n) is 6.73. The standard InChI is InChI=1S/C21H44O5SSi2/c1-14(27-15(2)22)16-17(25-28(10,11)20(3,4)5)18(19(23-9)24-16)26-29(12,13)21(6,7)8/h14,16-19H,1-13H3/t14-,16+,17+,18-,19-/m0/s1. The second-order valence-electron chi connectivity index (χ2n) is 11.2. The molecule has 0 aromatic carbocycles. The van der Waals surface area contributed by atoms with Crippen molar-refractivity contribution in [3.8, 4) is 0 Å². The average molecular weight is 465 g/mol. The third kappa shape index (κ3) is 6.64. The van der Waals surface area contributed by atoms with Gasteiger partial charge in [0.15, 0.2) is 28.0 Å². The summed E-state index contributed by atoms with van der Waals surface area (Å²) in [5.41, 5.74) is 0. The van der Waals surface area contributed by atoms with Crippen LogP contribution >= 0.6 is 11.8 Å². The van der Waals surface area contributed by atoms with Gasteiger partial charge >= 0.3 is 0 Å². The lowest BCUT2D eigenvalue weighted by atomic mass is 10.1. The van der Waals surface area contributed by atoms with Gasteiger partial charge in [0.25, 0.3) is 0 Å². The van der Waals surface area contributed by atoms with E-state index in [1.807, 2.05) is 6.92 Å². The van der Waals surface area contributed by atoms with Crippen molar-refractivity contribution in [2.24, 2.45) is 0 Å². The highest BCUT2D eigenvalue weighted by Gasteiger charge is 2.55. The lowest BCUT2D eigenvalue weighted by Gasteiger charge is -2.44. The number of rotatable bonds is 7. The second kappa shape index (κ2) is 9.42. The summed E-state index contributed by atoms with van der Waals surface area (Å²) in [6.07, 6.45) is -1.34. The van der Waals surface area contributed by atoms with Crippen LogP contribution in [-0.2, 0) is 23.1 Å². The molecule has 0 aromatic rings. The molecule has 0 unspecified atom stereocenters. The van der Waals surface area contributed by atoms with E-state index in [0.29, 0.717) is 0 Å². The normalized spacial score (nSPS) is 27.9. The zero-order valence-electron chi connectivity index (χ0n) is 20.8. The van der Waals surface area contributed by atoms with Crippen molar-refractivity contribution in [3.63, 3.8) is 0 Å². The van der Waals surface area contributed by atoms with Crippen LogP contribution in [-0.4, -0.2) is 58.7 Å². The second-order valence-corrected chi connectivity index (χ2v) is 22.3. The van der Waals surface area contributed by atoms with E-state index in [1.54, 1.807) is 14.0 Å². The van der Waals surface area contributed by atoms with Gasteiger partial charge in [0.1, 0.15) is 18.3 Å². The van der Waals surface area contributed by atoms with Gasteiger partial charge in [0.2, 0.25) is 0 Å². The number of ether oxygens (including phenoxy) is 2. The van der Waals surface area contributed by atoms with Crippen molar-refractivity contribution in [1.29, 1.82) is 0 Å². The highest BCUT2D eigenvalue weighted by molar-refractivity contribution is 8.14. The lowest BCUT2D eigenvalue weighted by molar-refractivity contribution is -0.144.